The van der Waals surface area contributed by atoms with Gasteiger partial charge in [-0.3, -0.25) is 4.90 Å². The lowest BCUT2D eigenvalue weighted by Gasteiger charge is -2.16. The predicted octanol–water partition coefficient (Wildman–Crippen LogP) is 1.02. The van der Waals surface area contributed by atoms with E-state index in [2.05, 4.69) is 12.5 Å². The van der Waals surface area contributed by atoms with Gasteiger partial charge in [-0.05, 0) is 0 Å². The molecule has 1 aliphatic rings. The predicted molar refractivity (Wildman–Crippen MR) is 45.5 cm³/mol. The molecule has 1 rings (SSSR count). The average molecular weight is 165 g/mol. The van der Waals surface area contributed by atoms with E-state index >= 15 is 0 Å². The first-order valence-electron chi connectivity index (χ1n) is 3.79. The first-order chi connectivity index (χ1) is 5.79. The van der Waals surface area contributed by atoms with E-state index in [-0.39, 0.29) is 12.1 Å². The summed E-state index contributed by atoms with van der Waals surface area (Å²) in [6.45, 7) is 4.55. The maximum absolute atomic E-state index is 11.0. The third-order valence-electron chi connectivity index (χ3n) is 1.78. The van der Waals surface area contributed by atoms with Crippen molar-refractivity contribution in [1.82, 2.24) is 4.90 Å². The molecule has 3 nitrogen and oxygen atoms in total. The molecule has 1 aliphatic heterocycles. The van der Waals surface area contributed by atoms with Gasteiger partial charge in [0.05, 0.1) is 6.04 Å². The van der Waals surface area contributed by atoms with E-state index in [0.717, 1.165) is 0 Å². The summed E-state index contributed by atoms with van der Waals surface area (Å²) in [6.07, 6.45) is 7.04. The Hall–Kier alpha value is -1.43. The monoisotopic (exact) mass is 165 g/mol. The van der Waals surface area contributed by atoms with Gasteiger partial charge in [0.2, 0.25) is 0 Å². The van der Waals surface area contributed by atoms with Gasteiger partial charge in [0.15, 0.2) is 0 Å². The molecule has 0 saturated carbocycles. The number of carbonyl (C=O) groups is 1. The fraction of sp³-hybridized carbons (Fsp3) is 0.444. The van der Waals surface area contributed by atoms with Crippen LogP contribution < -0.4 is 0 Å². The first kappa shape index (κ1) is 8.66. The Morgan fingerprint density at radius 3 is 3.25 bits per heavy atom. The summed E-state index contributed by atoms with van der Waals surface area (Å²) in [6, 6.07) is -0.00847. The van der Waals surface area contributed by atoms with Gasteiger partial charge in [0, 0.05) is 13.0 Å². The number of ether oxygens (including phenoxy) is 1. The van der Waals surface area contributed by atoms with E-state index in [1.807, 2.05) is 0 Å². The minimum Gasteiger partial charge on any atom is -0.447 e. The lowest BCUT2D eigenvalue weighted by atomic mass is 10.3. The van der Waals surface area contributed by atoms with Crippen LogP contribution in [-0.2, 0) is 4.74 Å². The van der Waals surface area contributed by atoms with Gasteiger partial charge in [-0.2, -0.15) is 0 Å². The molecular weight excluding hydrogens is 154 g/mol. The number of carbonyl (C=O) groups excluding carboxylic acids is 1. The van der Waals surface area contributed by atoms with Crippen LogP contribution in [0.3, 0.4) is 0 Å². The van der Waals surface area contributed by atoms with E-state index in [1.165, 1.54) is 0 Å². The van der Waals surface area contributed by atoms with Crippen LogP contribution in [0.4, 0.5) is 4.79 Å². The Morgan fingerprint density at radius 2 is 2.67 bits per heavy atom. The first-order valence-corrected chi connectivity index (χ1v) is 3.79. The van der Waals surface area contributed by atoms with Gasteiger partial charge in [-0.1, -0.05) is 6.08 Å². The molecular formula is C9H11NO2. The number of terminal acetylenes is 1. The zero-order valence-electron chi connectivity index (χ0n) is 6.82. The van der Waals surface area contributed by atoms with Crippen molar-refractivity contribution in [2.45, 2.75) is 12.5 Å². The zero-order valence-corrected chi connectivity index (χ0v) is 6.82. The quantitative estimate of drug-likeness (QED) is 0.461. The highest BCUT2D eigenvalue weighted by molar-refractivity contribution is 5.70. The summed E-state index contributed by atoms with van der Waals surface area (Å²) in [5.74, 6) is 2.48. The summed E-state index contributed by atoms with van der Waals surface area (Å²) in [5, 5.41) is 0. The molecule has 0 aliphatic carbocycles. The maximum atomic E-state index is 11.0. The van der Waals surface area contributed by atoms with Crippen LogP contribution in [0, 0.1) is 12.3 Å². The van der Waals surface area contributed by atoms with Crippen molar-refractivity contribution >= 4 is 6.09 Å². The Labute approximate surface area is 72.0 Å². The molecule has 0 aromatic rings. The summed E-state index contributed by atoms with van der Waals surface area (Å²) < 4.78 is 4.81. The Bertz CT molecular complexity index is 229. The van der Waals surface area contributed by atoms with E-state index in [1.54, 1.807) is 11.0 Å². The number of rotatable bonds is 3. The van der Waals surface area contributed by atoms with E-state index in [4.69, 9.17) is 11.2 Å². The van der Waals surface area contributed by atoms with E-state index in [9.17, 15) is 4.79 Å². The third-order valence-corrected chi connectivity index (χ3v) is 1.78. The molecule has 0 unspecified atom stereocenters. The van der Waals surface area contributed by atoms with Gasteiger partial charge in [-0.25, -0.2) is 4.79 Å². The van der Waals surface area contributed by atoms with Crippen LogP contribution >= 0.6 is 0 Å². The molecule has 0 bridgehead atoms. The Balaban J connectivity index is 2.52. The number of hydrogen-bond acceptors (Lipinski definition) is 2. The summed E-state index contributed by atoms with van der Waals surface area (Å²) in [4.78, 5) is 12.6. The minimum absolute atomic E-state index is 0.00847. The average Bonchev–Trinajstić information content (AvgIpc) is 2.43. The molecule has 0 aromatic carbocycles. The normalized spacial score (nSPS) is 21.8. The second-order valence-corrected chi connectivity index (χ2v) is 2.53. The van der Waals surface area contributed by atoms with Gasteiger partial charge >= 0.3 is 6.09 Å². The van der Waals surface area contributed by atoms with E-state index in [0.29, 0.717) is 19.6 Å². The summed E-state index contributed by atoms with van der Waals surface area (Å²) in [7, 11) is 0. The Morgan fingerprint density at radius 1 is 1.92 bits per heavy atom. The fourth-order valence-corrected chi connectivity index (χ4v) is 1.10. The van der Waals surface area contributed by atoms with Crippen LogP contribution in [-0.4, -0.2) is 30.2 Å². The van der Waals surface area contributed by atoms with Crippen molar-refractivity contribution in [2.24, 2.45) is 0 Å². The molecule has 0 radical (unpaired) electrons. The van der Waals surface area contributed by atoms with Crippen molar-refractivity contribution in [1.29, 1.82) is 0 Å². The largest absolute Gasteiger partial charge is 0.447 e. The molecule has 1 saturated heterocycles. The SMILES string of the molecule is C#CCCN1C(=O)OC[C@H]1C=C. The molecule has 0 N–H and O–H groups in total. The topological polar surface area (TPSA) is 29.5 Å². The molecule has 1 amide bonds. The molecule has 12 heavy (non-hydrogen) atoms. The highest BCUT2D eigenvalue weighted by atomic mass is 16.6. The number of nitrogens with zero attached hydrogens (tertiary/aromatic N) is 1. The fourth-order valence-electron chi connectivity index (χ4n) is 1.10. The third kappa shape index (κ3) is 1.59. The second kappa shape index (κ2) is 3.82. The second-order valence-electron chi connectivity index (χ2n) is 2.53. The van der Waals surface area contributed by atoms with Crippen LogP contribution in [0.15, 0.2) is 12.7 Å². The highest BCUT2D eigenvalue weighted by Crippen LogP contribution is 2.12. The molecule has 1 atom stereocenters. The zero-order chi connectivity index (χ0) is 8.97. The molecule has 64 valence electrons. The molecule has 1 heterocycles. The standard InChI is InChI=1S/C9H11NO2/c1-3-5-6-10-8(4-2)7-12-9(10)11/h1,4,8H,2,5-7H2/t8-/m1/s1. The lowest BCUT2D eigenvalue weighted by molar-refractivity contribution is 0.158. The molecule has 3 heteroatoms. The van der Waals surface area contributed by atoms with Crippen molar-refractivity contribution in [3.63, 3.8) is 0 Å². The van der Waals surface area contributed by atoms with E-state index < -0.39 is 0 Å². The van der Waals surface area contributed by atoms with Crippen LogP contribution in [0.25, 0.3) is 0 Å². The molecule has 0 spiro atoms. The smallest absolute Gasteiger partial charge is 0.410 e. The van der Waals surface area contributed by atoms with Crippen LogP contribution in [0.5, 0.6) is 0 Å². The molecule has 1 fully saturated rings. The van der Waals surface area contributed by atoms with Gasteiger partial charge in [0.25, 0.3) is 0 Å². The number of amides is 1. The van der Waals surface area contributed by atoms with Gasteiger partial charge in [0.1, 0.15) is 6.61 Å². The van der Waals surface area contributed by atoms with Crippen molar-refractivity contribution in [2.75, 3.05) is 13.2 Å². The van der Waals surface area contributed by atoms with Crippen molar-refractivity contribution in [3.05, 3.63) is 12.7 Å². The van der Waals surface area contributed by atoms with Crippen molar-refractivity contribution < 1.29 is 9.53 Å². The molecule has 0 aromatic heterocycles. The van der Waals surface area contributed by atoms with Crippen molar-refractivity contribution in [3.8, 4) is 12.3 Å². The maximum Gasteiger partial charge on any atom is 0.410 e. The van der Waals surface area contributed by atoms with Gasteiger partial charge in [-0.15, -0.1) is 18.9 Å². The summed E-state index contributed by atoms with van der Waals surface area (Å²) >= 11 is 0. The number of cyclic esters (lactones) is 1. The number of hydrogen-bond donors (Lipinski definition) is 0. The lowest BCUT2D eigenvalue weighted by Crippen LogP contribution is -2.32. The Kier molecular flexibility index (Phi) is 2.76. The van der Waals surface area contributed by atoms with Gasteiger partial charge < -0.3 is 4.74 Å². The highest BCUT2D eigenvalue weighted by Gasteiger charge is 2.29. The van der Waals surface area contributed by atoms with Crippen LogP contribution in [0.1, 0.15) is 6.42 Å². The van der Waals surface area contributed by atoms with Crippen LogP contribution in [0.2, 0.25) is 0 Å². The minimum atomic E-state index is -0.296. The summed E-state index contributed by atoms with van der Waals surface area (Å²) in [5.41, 5.74) is 0.